The summed E-state index contributed by atoms with van der Waals surface area (Å²) in [5.74, 6) is 0. The second kappa shape index (κ2) is 3.81. The molecule has 8 heteroatoms. The average Bonchev–Trinajstić information content (AvgIpc) is 2.10. The zero-order valence-corrected chi connectivity index (χ0v) is 9.54. The van der Waals surface area contributed by atoms with Crippen LogP contribution in [-0.4, -0.2) is 13.9 Å². The van der Waals surface area contributed by atoms with E-state index in [2.05, 4.69) is 0 Å². The molecular formula is C8H7ClF3NO2S. The van der Waals surface area contributed by atoms with Crippen LogP contribution in [0.5, 0.6) is 0 Å². The van der Waals surface area contributed by atoms with Crippen LogP contribution in [0.4, 0.5) is 18.9 Å². The third kappa shape index (κ3) is 1.97. The van der Waals surface area contributed by atoms with Gasteiger partial charge < -0.3 is 5.73 Å². The highest BCUT2D eigenvalue weighted by Gasteiger charge is 2.48. The molecule has 0 radical (unpaired) electrons. The Balaban J connectivity index is 3.64. The summed E-state index contributed by atoms with van der Waals surface area (Å²) in [6, 6.07) is 2.26. The Morgan fingerprint density at radius 2 is 1.81 bits per heavy atom. The highest BCUT2D eigenvalue weighted by atomic mass is 35.5. The Hall–Kier alpha value is -0.950. The number of benzene rings is 1. The molecule has 0 amide bonds. The Morgan fingerprint density at radius 1 is 1.31 bits per heavy atom. The molecule has 16 heavy (non-hydrogen) atoms. The lowest BCUT2D eigenvalue weighted by atomic mass is 10.2. The van der Waals surface area contributed by atoms with Crippen molar-refractivity contribution >= 4 is 27.1 Å². The first-order chi connectivity index (χ1) is 7.09. The van der Waals surface area contributed by atoms with Crippen molar-refractivity contribution in [1.29, 1.82) is 0 Å². The fourth-order valence-corrected chi connectivity index (χ4v) is 2.50. The number of anilines is 1. The van der Waals surface area contributed by atoms with E-state index >= 15 is 0 Å². The van der Waals surface area contributed by atoms with Gasteiger partial charge in [0.1, 0.15) is 4.90 Å². The van der Waals surface area contributed by atoms with Gasteiger partial charge in [-0.15, -0.1) is 0 Å². The van der Waals surface area contributed by atoms with Crippen LogP contribution in [0.1, 0.15) is 5.56 Å². The predicted octanol–water partition coefficient (Wildman–Crippen LogP) is 2.52. The minimum Gasteiger partial charge on any atom is -0.398 e. The van der Waals surface area contributed by atoms with E-state index in [-0.39, 0.29) is 10.6 Å². The Bertz CT molecular complexity index is 525. The summed E-state index contributed by atoms with van der Waals surface area (Å²) in [4.78, 5) is -0.979. The maximum absolute atomic E-state index is 12.3. The van der Waals surface area contributed by atoms with Crippen LogP contribution >= 0.6 is 11.6 Å². The van der Waals surface area contributed by atoms with Crippen LogP contribution < -0.4 is 5.73 Å². The molecule has 3 nitrogen and oxygen atoms in total. The minimum atomic E-state index is -5.47. The van der Waals surface area contributed by atoms with Crippen molar-refractivity contribution in [3.05, 3.63) is 22.7 Å². The standard InChI is InChI=1S/C8H7ClF3NO2S/c1-4-5(9)2-3-6(13)7(4)16(14,15)8(10,11)12/h2-3H,13H2,1H3. The van der Waals surface area contributed by atoms with E-state index < -0.39 is 25.9 Å². The second-order valence-corrected chi connectivity index (χ2v) is 5.33. The number of halogens is 4. The number of hydrogen-bond donors (Lipinski definition) is 1. The predicted molar refractivity (Wildman–Crippen MR) is 53.8 cm³/mol. The van der Waals surface area contributed by atoms with Gasteiger partial charge in [-0.1, -0.05) is 11.6 Å². The minimum absolute atomic E-state index is 0.0861. The fourth-order valence-electron chi connectivity index (χ4n) is 1.16. The van der Waals surface area contributed by atoms with Crippen molar-refractivity contribution in [3.8, 4) is 0 Å². The molecule has 0 saturated heterocycles. The molecule has 0 spiro atoms. The lowest BCUT2D eigenvalue weighted by Crippen LogP contribution is -2.25. The molecule has 1 aromatic rings. The first kappa shape index (κ1) is 13.1. The van der Waals surface area contributed by atoms with E-state index in [0.717, 1.165) is 13.0 Å². The first-order valence-electron chi connectivity index (χ1n) is 3.95. The lowest BCUT2D eigenvalue weighted by molar-refractivity contribution is -0.0436. The van der Waals surface area contributed by atoms with Crippen molar-refractivity contribution in [2.75, 3.05) is 5.73 Å². The van der Waals surface area contributed by atoms with Gasteiger partial charge in [0.25, 0.3) is 9.84 Å². The van der Waals surface area contributed by atoms with Crippen LogP contribution in [0, 0.1) is 6.92 Å². The van der Waals surface area contributed by atoms with E-state index in [9.17, 15) is 21.6 Å². The monoisotopic (exact) mass is 273 g/mol. The lowest BCUT2D eigenvalue weighted by Gasteiger charge is -2.13. The summed E-state index contributed by atoms with van der Waals surface area (Å²) in [6.45, 7) is 1.16. The molecule has 0 aromatic heterocycles. The van der Waals surface area contributed by atoms with E-state index in [1.165, 1.54) is 6.07 Å². The zero-order valence-electron chi connectivity index (χ0n) is 7.97. The summed E-state index contributed by atoms with van der Waals surface area (Å²) in [7, 11) is -5.47. The molecule has 0 aliphatic heterocycles. The van der Waals surface area contributed by atoms with Crippen LogP contribution in [0.25, 0.3) is 0 Å². The molecule has 0 heterocycles. The number of sulfone groups is 1. The quantitative estimate of drug-likeness (QED) is 0.800. The Morgan fingerprint density at radius 3 is 2.25 bits per heavy atom. The van der Waals surface area contributed by atoms with Gasteiger partial charge in [0.2, 0.25) is 0 Å². The number of rotatable bonds is 1. The number of hydrogen-bond acceptors (Lipinski definition) is 3. The van der Waals surface area contributed by atoms with E-state index in [4.69, 9.17) is 17.3 Å². The summed E-state index contributed by atoms with van der Waals surface area (Å²) in [6.07, 6.45) is 0. The van der Waals surface area contributed by atoms with Crippen molar-refractivity contribution in [1.82, 2.24) is 0 Å². The summed E-state index contributed by atoms with van der Waals surface area (Å²) < 4.78 is 59.3. The SMILES string of the molecule is Cc1c(Cl)ccc(N)c1S(=O)(=O)C(F)(F)F. The van der Waals surface area contributed by atoms with E-state index in [1.54, 1.807) is 0 Å². The molecule has 1 rings (SSSR count). The number of nitrogens with two attached hydrogens (primary N) is 1. The highest BCUT2D eigenvalue weighted by molar-refractivity contribution is 7.92. The number of alkyl halides is 3. The smallest absolute Gasteiger partial charge is 0.398 e. The molecule has 0 aliphatic rings. The Labute approximate surface area is 94.9 Å². The molecule has 2 N–H and O–H groups in total. The van der Waals surface area contributed by atoms with Gasteiger partial charge in [-0.05, 0) is 24.6 Å². The van der Waals surface area contributed by atoms with E-state index in [1.807, 2.05) is 0 Å². The van der Waals surface area contributed by atoms with Crippen LogP contribution in [0.2, 0.25) is 5.02 Å². The number of nitrogen functional groups attached to an aromatic ring is 1. The van der Waals surface area contributed by atoms with Crippen molar-refractivity contribution in [3.63, 3.8) is 0 Å². The summed E-state index contributed by atoms with van der Waals surface area (Å²) >= 11 is 5.55. The molecule has 1 aromatic carbocycles. The Kier molecular flexibility index (Phi) is 3.13. The third-order valence-electron chi connectivity index (χ3n) is 1.94. The molecule has 0 bridgehead atoms. The van der Waals surface area contributed by atoms with Gasteiger partial charge in [0, 0.05) is 5.02 Å². The molecule has 0 atom stereocenters. The molecule has 0 aliphatic carbocycles. The molecule has 0 fully saturated rings. The fraction of sp³-hybridized carbons (Fsp3) is 0.250. The van der Waals surface area contributed by atoms with Crippen LogP contribution in [-0.2, 0) is 9.84 Å². The van der Waals surface area contributed by atoms with Gasteiger partial charge in [-0.25, -0.2) is 8.42 Å². The maximum Gasteiger partial charge on any atom is 0.502 e. The normalized spacial score (nSPS) is 12.8. The first-order valence-corrected chi connectivity index (χ1v) is 5.81. The zero-order chi connectivity index (χ0) is 12.7. The van der Waals surface area contributed by atoms with Gasteiger partial charge in [-0.3, -0.25) is 0 Å². The van der Waals surface area contributed by atoms with Gasteiger partial charge in [0.05, 0.1) is 5.69 Å². The topological polar surface area (TPSA) is 60.2 Å². The third-order valence-corrected chi connectivity index (χ3v) is 4.04. The van der Waals surface area contributed by atoms with Crippen molar-refractivity contribution in [2.45, 2.75) is 17.3 Å². The summed E-state index contributed by atoms with van der Waals surface area (Å²) in [5.41, 5.74) is -0.839. The van der Waals surface area contributed by atoms with Gasteiger partial charge in [0.15, 0.2) is 0 Å². The van der Waals surface area contributed by atoms with Crippen molar-refractivity contribution < 1.29 is 21.6 Å². The highest BCUT2D eigenvalue weighted by Crippen LogP contribution is 2.37. The largest absolute Gasteiger partial charge is 0.502 e. The molecule has 90 valence electrons. The van der Waals surface area contributed by atoms with Crippen molar-refractivity contribution in [2.24, 2.45) is 0 Å². The van der Waals surface area contributed by atoms with E-state index in [0.29, 0.717) is 0 Å². The second-order valence-electron chi connectivity index (χ2n) is 3.04. The summed E-state index contributed by atoms with van der Waals surface area (Å²) in [5, 5.41) is -0.0861. The van der Waals surface area contributed by atoms with Gasteiger partial charge in [-0.2, -0.15) is 13.2 Å². The molecule has 0 unspecified atom stereocenters. The van der Waals surface area contributed by atoms with Crippen LogP contribution in [0.15, 0.2) is 17.0 Å². The maximum atomic E-state index is 12.3. The molecular weight excluding hydrogens is 267 g/mol. The average molecular weight is 274 g/mol. The van der Waals surface area contributed by atoms with Gasteiger partial charge >= 0.3 is 5.51 Å². The molecule has 0 saturated carbocycles. The van der Waals surface area contributed by atoms with Crippen LogP contribution in [0.3, 0.4) is 0 Å².